The average Bonchev–Trinajstić information content (AvgIpc) is 3.10. The van der Waals surface area contributed by atoms with Crippen LogP contribution in [0.4, 0.5) is 0 Å². The highest BCUT2D eigenvalue weighted by molar-refractivity contribution is 5.90. The van der Waals surface area contributed by atoms with Crippen molar-refractivity contribution in [3.63, 3.8) is 0 Å². The van der Waals surface area contributed by atoms with Crippen LogP contribution in [0.3, 0.4) is 0 Å². The molecular formula is C20H22O. The van der Waals surface area contributed by atoms with Gasteiger partial charge in [-0.15, -0.1) is 0 Å². The fourth-order valence-corrected chi connectivity index (χ4v) is 4.65. The highest BCUT2D eigenvalue weighted by atomic mass is 16.1. The second-order valence-electron chi connectivity index (χ2n) is 6.99. The monoisotopic (exact) mass is 278 g/mol. The SMILES string of the molecule is O=C(Cc1cccc2ccccc12)CC1CC2CCC1C2. The fourth-order valence-electron chi connectivity index (χ4n) is 4.65. The van der Waals surface area contributed by atoms with E-state index in [2.05, 4.69) is 42.5 Å². The van der Waals surface area contributed by atoms with Gasteiger partial charge in [-0.3, -0.25) is 4.79 Å². The number of fused-ring (bicyclic) bond motifs is 3. The lowest BCUT2D eigenvalue weighted by molar-refractivity contribution is -0.119. The van der Waals surface area contributed by atoms with E-state index in [-0.39, 0.29) is 0 Å². The first-order valence-electron chi connectivity index (χ1n) is 8.28. The van der Waals surface area contributed by atoms with Gasteiger partial charge in [-0.05, 0) is 53.4 Å². The van der Waals surface area contributed by atoms with Gasteiger partial charge in [0, 0.05) is 12.8 Å². The molecule has 3 atom stereocenters. The van der Waals surface area contributed by atoms with Crippen molar-refractivity contribution in [2.75, 3.05) is 0 Å². The molecule has 0 heterocycles. The Morgan fingerprint density at radius 2 is 1.86 bits per heavy atom. The normalized spacial score (nSPS) is 27.3. The molecule has 4 rings (SSSR count). The van der Waals surface area contributed by atoms with Crippen molar-refractivity contribution >= 4 is 16.6 Å². The third kappa shape index (κ3) is 2.50. The summed E-state index contributed by atoms with van der Waals surface area (Å²) in [4.78, 5) is 12.5. The summed E-state index contributed by atoms with van der Waals surface area (Å²) >= 11 is 0. The molecule has 1 nitrogen and oxygen atoms in total. The van der Waals surface area contributed by atoms with Crippen molar-refractivity contribution in [1.82, 2.24) is 0 Å². The zero-order valence-electron chi connectivity index (χ0n) is 12.4. The highest BCUT2D eigenvalue weighted by Gasteiger charge is 2.39. The van der Waals surface area contributed by atoms with E-state index in [9.17, 15) is 4.79 Å². The average molecular weight is 278 g/mol. The molecule has 1 heteroatoms. The lowest BCUT2D eigenvalue weighted by atomic mass is 9.84. The molecule has 2 aromatic rings. The largest absolute Gasteiger partial charge is 0.299 e. The molecule has 0 saturated heterocycles. The highest BCUT2D eigenvalue weighted by Crippen LogP contribution is 2.49. The zero-order chi connectivity index (χ0) is 14.2. The maximum atomic E-state index is 12.5. The van der Waals surface area contributed by atoms with Crippen molar-refractivity contribution in [3.05, 3.63) is 48.0 Å². The van der Waals surface area contributed by atoms with Crippen LogP contribution in [0.2, 0.25) is 0 Å². The third-order valence-electron chi connectivity index (χ3n) is 5.64. The van der Waals surface area contributed by atoms with E-state index in [4.69, 9.17) is 0 Å². The number of rotatable bonds is 4. The first-order valence-corrected chi connectivity index (χ1v) is 8.28. The summed E-state index contributed by atoms with van der Waals surface area (Å²) in [7, 11) is 0. The first kappa shape index (κ1) is 13.1. The molecule has 2 aliphatic rings. The molecule has 0 N–H and O–H groups in total. The van der Waals surface area contributed by atoms with Crippen molar-refractivity contribution in [2.45, 2.75) is 38.5 Å². The van der Waals surface area contributed by atoms with Crippen LogP contribution < -0.4 is 0 Å². The molecule has 2 aliphatic carbocycles. The number of hydrogen-bond donors (Lipinski definition) is 0. The smallest absolute Gasteiger partial charge is 0.137 e. The van der Waals surface area contributed by atoms with Crippen LogP contribution in [0.15, 0.2) is 42.5 Å². The Balaban J connectivity index is 1.48. The van der Waals surface area contributed by atoms with E-state index in [0.717, 1.165) is 18.3 Å². The number of hydrogen-bond acceptors (Lipinski definition) is 1. The van der Waals surface area contributed by atoms with Crippen LogP contribution in [0.25, 0.3) is 10.8 Å². The molecule has 2 fully saturated rings. The Morgan fingerprint density at radius 1 is 1.00 bits per heavy atom. The molecule has 108 valence electrons. The minimum Gasteiger partial charge on any atom is -0.299 e. The van der Waals surface area contributed by atoms with E-state index in [0.29, 0.717) is 18.1 Å². The summed E-state index contributed by atoms with van der Waals surface area (Å²) in [5, 5.41) is 2.48. The maximum Gasteiger partial charge on any atom is 0.137 e. The molecule has 0 aromatic heterocycles. The minimum atomic E-state index is 0.434. The molecule has 2 saturated carbocycles. The Kier molecular flexibility index (Phi) is 3.29. The van der Waals surface area contributed by atoms with Crippen LogP contribution >= 0.6 is 0 Å². The van der Waals surface area contributed by atoms with Gasteiger partial charge in [0.1, 0.15) is 5.78 Å². The summed E-state index contributed by atoms with van der Waals surface area (Å²) < 4.78 is 0. The lowest BCUT2D eigenvalue weighted by Crippen LogP contribution is -2.16. The lowest BCUT2D eigenvalue weighted by Gasteiger charge is -2.20. The van der Waals surface area contributed by atoms with Gasteiger partial charge in [0.2, 0.25) is 0 Å². The third-order valence-corrected chi connectivity index (χ3v) is 5.64. The van der Waals surface area contributed by atoms with Gasteiger partial charge in [-0.1, -0.05) is 48.9 Å². The van der Waals surface area contributed by atoms with Crippen LogP contribution in [-0.4, -0.2) is 5.78 Å². The molecule has 0 spiro atoms. The van der Waals surface area contributed by atoms with Crippen LogP contribution in [-0.2, 0) is 11.2 Å². The van der Waals surface area contributed by atoms with Crippen molar-refractivity contribution in [2.24, 2.45) is 17.8 Å². The van der Waals surface area contributed by atoms with Crippen molar-refractivity contribution in [3.8, 4) is 0 Å². The summed E-state index contributed by atoms with van der Waals surface area (Å²) in [5.41, 5.74) is 1.20. The standard InChI is InChI=1S/C20H22O/c21-19(13-18-11-14-8-9-16(18)10-14)12-17-6-3-5-15-4-1-2-7-20(15)17/h1-7,14,16,18H,8-13H2. The number of benzene rings is 2. The van der Waals surface area contributed by atoms with Gasteiger partial charge in [0.05, 0.1) is 0 Å². The number of Topliss-reactive ketones (excluding diaryl/α,β-unsaturated/α-hetero) is 1. The van der Waals surface area contributed by atoms with E-state index in [1.807, 2.05) is 0 Å². The fraction of sp³-hybridized carbons (Fsp3) is 0.450. The summed E-state index contributed by atoms with van der Waals surface area (Å²) in [5.74, 6) is 2.91. The summed E-state index contributed by atoms with van der Waals surface area (Å²) in [6, 6.07) is 14.7. The van der Waals surface area contributed by atoms with Gasteiger partial charge in [0.25, 0.3) is 0 Å². The molecule has 21 heavy (non-hydrogen) atoms. The Labute approximate surface area is 126 Å². The number of ketones is 1. The Bertz CT molecular complexity index is 667. The molecule has 0 aliphatic heterocycles. The second-order valence-corrected chi connectivity index (χ2v) is 6.99. The minimum absolute atomic E-state index is 0.434. The molecule has 0 amide bonds. The number of carbonyl (C=O) groups is 1. The summed E-state index contributed by atoms with van der Waals surface area (Å²) in [6.07, 6.45) is 6.91. The molecule has 0 radical (unpaired) electrons. The predicted molar refractivity (Wildman–Crippen MR) is 86.2 cm³/mol. The first-order chi connectivity index (χ1) is 10.3. The second kappa shape index (κ2) is 5.29. The van der Waals surface area contributed by atoms with Gasteiger partial charge in [0.15, 0.2) is 0 Å². The van der Waals surface area contributed by atoms with Gasteiger partial charge in [-0.25, -0.2) is 0 Å². The topological polar surface area (TPSA) is 17.1 Å². The van der Waals surface area contributed by atoms with Gasteiger partial charge in [-0.2, -0.15) is 0 Å². The zero-order valence-corrected chi connectivity index (χ0v) is 12.4. The van der Waals surface area contributed by atoms with E-state index < -0.39 is 0 Å². The molecule has 2 bridgehead atoms. The van der Waals surface area contributed by atoms with Crippen LogP contribution in [0.5, 0.6) is 0 Å². The van der Waals surface area contributed by atoms with Crippen molar-refractivity contribution < 1.29 is 4.79 Å². The van der Waals surface area contributed by atoms with E-state index in [1.165, 1.54) is 42.0 Å². The van der Waals surface area contributed by atoms with Gasteiger partial charge < -0.3 is 0 Å². The Morgan fingerprint density at radius 3 is 2.67 bits per heavy atom. The molecule has 2 aromatic carbocycles. The van der Waals surface area contributed by atoms with Crippen molar-refractivity contribution in [1.29, 1.82) is 0 Å². The predicted octanol–water partition coefficient (Wildman–Crippen LogP) is 4.78. The molecular weight excluding hydrogens is 256 g/mol. The quantitative estimate of drug-likeness (QED) is 0.786. The van der Waals surface area contributed by atoms with Crippen LogP contribution in [0.1, 0.15) is 37.7 Å². The van der Waals surface area contributed by atoms with E-state index in [1.54, 1.807) is 0 Å². The van der Waals surface area contributed by atoms with Crippen LogP contribution in [0, 0.1) is 17.8 Å². The molecule has 3 unspecified atom stereocenters. The summed E-state index contributed by atoms with van der Waals surface area (Å²) in [6.45, 7) is 0. The Hall–Kier alpha value is -1.63. The van der Waals surface area contributed by atoms with E-state index >= 15 is 0 Å². The van der Waals surface area contributed by atoms with Gasteiger partial charge >= 0.3 is 0 Å². The number of carbonyl (C=O) groups excluding carboxylic acids is 1. The maximum absolute atomic E-state index is 12.5.